The lowest BCUT2D eigenvalue weighted by atomic mass is 10.1. The van der Waals surface area contributed by atoms with E-state index in [1.807, 2.05) is 36.9 Å². The van der Waals surface area contributed by atoms with Crippen molar-refractivity contribution >= 4 is 11.8 Å². The van der Waals surface area contributed by atoms with Crippen molar-refractivity contribution in [2.45, 2.75) is 39.2 Å². The Morgan fingerprint density at radius 1 is 0.935 bits per heavy atom. The molecule has 3 rings (SSSR count). The van der Waals surface area contributed by atoms with E-state index in [0.717, 1.165) is 12.8 Å². The van der Waals surface area contributed by atoms with Crippen molar-refractivity contribution in [3.8, 4) is 11.5 Å². The first kappa shape index (κ1) is 22.7. The molecular formula is C25H32N2O4. The van der Waals surface area contributed by atoms with E-state index in [4.69, 9.17) is 9.47 Å². The summed E-state index contributed by atoms with van der Waals surface area (Å²) in [5.41, 5.74) is 1.82. The molecule has 6 nitrogen and oxygen atoms in total. The third-order valence-electron chi connectivity index (χ3n) is 5.39. The molecule has 0 aromatic heterocycles. The Labute approximate surface area is 184 Å². The second kappa shape index (κ2) is 10.8. The molecule has 31 heavy (non-hydrogen) atoms. The highest BCUT2D eigenvalue weighted by Crippen LogP contribution is 2.29. The first-order valence-electron chi connectivity index (χ1n) is 10.9. The van der Waals surface area contributed by atoms with Crippen molar-refractivity contribution in [3.05, 3.63) is 59.7 Å². The first-order chi connectivity index (χ1) is 15.0. The zero-order valence-corrected chi connectivity index (χ0v) is 18.7. The number of aryl methyl sites for hydroxylation is 1. The molecule has 0 aliphatic carbocycles. The number of carbonyl (C=O) groups excluding carboxylic acids is 2. The molecule has 0 N–H and O–H groups in total. The van der Waals surface area contributed by atoms with Crippen LogP contribution >= 0.6 is 0 Å². The Hall–Kier alpha value is -3.02. The van der Waals surface area contributed by atoms with Gasteiger partial charge in [-0.05, 0) is 50.5 Å². The minimum Gasteiger partial charge on any atom is -0.493 e. The van der Waals surface area contributed by atoms with Gasteiger partial charge in [-0.1, -0.05) is 30.3 Å². The molecule has 1 aliphatic rings. The summed E-state index contributed by atoms with van der Waals surface area (Å²) in [6, 6.07) is 15.5. The molecule has 1 aliphatic heterocycles. The molecule has 0 atom stereocenters. The zero-order valence-electron chi connectivity index (χ0n) is 18.7. The number of hydrogen-bond donors (Lipinski definition) is 0. The van der Waals surface area contributed by atoms with Gasteiger partial charge in [0.05, 0.1) is 13.2 Å². The van der Waals surface area contributed by atoms with Crippen molar-refractivity contribution in [3.63, 3.8) is 0 Å². The molecule has 0 saturated carbocycles. The molecule has 1 saturated heterocycles. The van der Waals surface area contributed by atoms with Crippen LogP contribution in [0.4, 0.5) is 0 Å². The second-order valence-corrected chi connectivity index (χ2v) is 8.04. The quantitative estimate of drug-likeness (QED) is 0.647. The maximum Gasteiger partial charge on any atom is 0.254 e. The molecule has 0 spiro atoms. The maximum atomic E-state index is 12.9. The van der Waals surface area contributed by atoms with Crippen molar-refractivity contribution < 1.29 is 19.1 Å². The Balaban J connectivity index is 1.49. The van der Waals surface area contributed by atoms with Crippen LogP contribution in [0.1, 0.15) is 42.6 Å². The predicted octanol–water partition coefficient (Wildman–Crippen LogP) is 3.79. The van der Waals surface area contributed by atoms with Gasteiger partial charge in [-0.2, -0.15) is 0 Å². The molecule has 1 fully saturated rings. The average Bonchev–Trinajstić information content (AvgIpc) is 2.79. The number of piperazine rings is 1. The van der Waals surface area contributed by atoms with Crippen LogP contribution in [-0.2, 0) is 11.2 Å². The highest BCUT2D eigenvalue weighted by molar-refractivity contribution is 5.95. The van der Waals surface area contributed by atoms with Gasteiger partial charge in [0.25, 0.3) is 5.91 Å². The van der Waals surface area contributed by atoms with E-state index in [2.05, 4.69) is 12.1 Å². The number of ether oxygens (including phenoxy) is 2. The maximum absolute atomic E-state index is 12.9. The normalized spacial score (nSPS) is 13.9. The summed E-state index contributed by atoms with van der Waals surface area (Å²) >= 11 is 0. The van der Waals surface area contributed by atoms with Crippen molar-refractivity contribution in [1.82, 2.24) is 9.80 Å². The third-order valence-corrected chi connectivity index (χ3v) is 5.39. The van der Waals surface area contributed by atoms with Crippen molar-refractivity contribution in [2.24, 2.45) is 0 Å². The Bertz CT molecular complexity index is 874. The lowest BCUT2D eigenvalue weighted by Crippen LogP contribution is -2.50. The van der Waals surface area contributed by atoms with Gasteiger partial charge >= 0.3 is 0 Å². The lowest BCUT2D eigenvalue weighted by molar-refractivity contribution is -0.132. The zero-order chi connectivity index (χ0) is 22.2. The van der Waals surface area contributed by atoms with E-state index in [9.17, 15) is 9.59 Å². The van der Waals surface area contributed by atoms with Crippen LogP contribution in [0.15, 0.2) is 48.5 Å². The molecule has 2 aromatic carbocycles. The molecule has 6 heteroatoms. The van der Waals surface area contributed by atoms with Crippen LogP contribution in [0, 0.1) is 0 Å². The smallest absolute Gasteiger partial charge is 0.254 e. The Kier molecular flexibility index (Phi) is 7.93. The molecule has 2 aromatic rings. The molecule has 0 bridgehead atoms. The summed E-state index contributed by atoms with van der Waals surface area (Å²) in [4.78, 5) is 29.1. The van der Waals surface area contributed by atoms with E-state index in [1.165, 1.54) is 5.56 Å². The monoisotopic (exact) mass is 424 g/mol. The van der Waals surface area contributed by atoms with Crippen molar-refractivity contribution in [1.29, 1.82) is 0 Å². The largest absolute Gasteiger partial charge is 0.493 e. The number of methoxy groups -OCH3 is 1. The van der Waals surface area contributed by atoms with E-state index >= 15 is 0 Å². The van der Waals surface area contributed by atoms with Crippen LogP contribution in [-0.4, -0.2) is 61.0 Å². The average molecular weight is 425 g/mol. The number of carbonyl (C=O) groups is 2. The number of nitrogens with zero attached hydrogens (tertiary/aromatic N) is 2. The van der Waals surface area contributed by atoms with Crippen LogP contribution < -0.4 is 9.47 Å². The van der Waals surface area contributed by atoms with Crippen LogP contribution in [0.2, 0.25) is 0 Å². The van der Waals surface area contributed by atoms with E-state index in [1.54, 1.807) is 30.2 Å². The summed E-state index contributed by atoms with van der Waals surface area (Å²) in [5.74, 6) is 1.29. The van der Waals surface area contributed by atoms with E-state index in [-0.39, 0.29) is 17.9 Å². The van der Waals surface area contributed by atoms with Gasteiger partial charge in [0.1, 0.15) is 0 Å². The number of hydrogen-bond acceptors (Lipinski definition) is 4. The molecule has 2 amide bonds. The standard InChI is InChI=1S/C25H32N2O4/c1-19(2)31-22-13-12-21(18-23(22)30-3)25(29)27-16-14-26(15-17-27)24(28)11-7-10-20-8-5-4-6-9-20/h4-6,8-9,12-13,18-19H,7,10-11,14-17H2,1-3H3. The van der Waals surface area contributed by atoms with Gasteiger partial charge in [0, 0.05) is 38.2 Å². The van der Waals surface area contributed by atoms with Gasteiger partial charge in [-0.25, -0.2) is 0 Å². The summed E-state index contributed by atoms with van der Waals surface area (Å²) < 4.78 is 11.1. The van der Waals surface area contributed by atoms with Gasteiger partial charge in [0.15, 0.2) is 11.5 Å². The summed E-state index contributed by atoms with van der Waals surface area (Å²) in [5, 5.41) is 0. The second-order valence-electron chi connectivity index (χ2n) is 8.04. The number of rotatable bonds is 8. The highest BCUT2D eigenvalue weighted by atomic mass is 16.5. The van der Waals surface area contributed by atoms with Crippen molar-refractivity contribution in [2.75, 3.05) is 33.3 Å². The topological polar surface area (TPSA) is 59.1 Å². The molecule has 0 radical (unpaired) electrons. The summed E-state index contributed by atoms with van der Waals surface area (Å²) in [6.45, 7) is 6.11. The lowest BCUT2D eigenvalue weighted by Gasteiger charge is -2.35. The number of amides is 2. The summed E-state index contributed by atoms with van der Waals surface area (Å²) in [7, 11) is 1.57. The first-order valence-corrected chi connectivity index (χ1v) is 10.9. The van der Waals surface area contributed by atoms with E-state index in [0.29, 0.717) is 49.7 Å². The highest BCUT2D eigenvalue weighted by Gasteiger charge is 2.25. The minimum atomic E-state index is -0.0504. The fourth-order valence-corrected chi connectivity index (χ4v) is 3.74. The van der Waals surface area contributed by atoms with Gasteiger partial charge in [-0.3, -0.25) is 9.59 Å². The van der Waals surface area contributed by atoms with Crippen LogP contribution in [0.3, 0.4) is 0 Å². The van der Waals surface area contributed by atoms with Crippen LogP contribution in [0.5, 0.6) is 11.5 Å². The van der Waals surface area contributed by atoms with Gasteiger partial charge in [-0.15, -0.1) is 0 Å². The third kappa shape index (κ3) is 6.23. The van der Waals surface area contributed by atoms with Crippen LogP contribution in [0.25, 0.3) is 0 Å². The van der Waals surface area contributed by atoms with Gasteiger partial charge < -0.3 is 19.3 Å². The molecular weight excluding hydrogens is 392 g/mol. The number of benzene rings is 2. The Morgan fingerprint density at radius 2 is 1.61 bits per heavy atom. The molecule has 166 valence electrons. The van der Waals surface area contributed by atoms with Gasteiger partial charge in [0.2, 0.25) is 5.91 Å². The predicted molar refractivity (Wildman–Crippen MR) is 121 cm³/mol. The Morgan fingerprint density at radius 3 is 2.26 bits per heavy atom. The molecule has 1 heterocycles. The molecule has 0 unspecified atom stereocenters. The fraction of sp³-hybridized carbons (Fsp3) is 0.440. The fourth-order valence-electron chi connectivity index (χ4n) is 3.74. The minimum absolute atomic E-state index is 0.0220. The SMILES string of the molecule is COc1cc(C(=O)N2CCN(C(=O)CCCc3ccccc3)CC2)ccc1OC(C)C. The van der Waals surface area contributed by atoms with E-state index < -0.39 is 0 Å². The summed E-state index contributed by atoms with van der Waals surface area (Å²) in [6.07, 6.45) is 2.31.